The molecule has 0 heterocycles. The van der Waals surface area contributed by atoms with Crippen LogP contribution >= 0.6 is 0 Å². The lowest BCUT2D eigenvalue weighted by atomic mass is 10.2. The van der Waals surface area contributed by atoms with Gasteiger partial charge in [-0.25, -0.2) is 9.59 Å². The van der Waals surface area contributed by atoms with Gasteiger partial charge in [0, 0.05) is 0 Å². The van der Waals surface area contributed by atoms with Gasteiger partial charge in [-0.1, -0.05) is 54.6 Å². The van der Waals surface area contributed by atoms with Gasteiger partial charge >= 0.3 is 12.1 Å². The molecule has 0 aliphatic rings. The van der Waals surface area contributed by atoms with Crippen LogP contribution in [0.25, 0.3) is 0 Å². The molecule has 0 saturated carbocycles. The van der Waals surface area contributed by atoms with Crippen molar-refractivity contribution in [3.8, 4) is 5.75 Å². The van der Waals surface area contributed by atoms with Crippen LogP contribution in [0.5, 0.6) is 5.75 Å². The van der Waals surface area contributed by atoms with Crippen LogP contribution in [-0.4, -0.2) is 50.1 Å². The number of carbonyl (C=O) groups is 2. The highest BCUT2D eigenvalue weighted by Crippen LogP contribution is 2.13. The number of hydrogen-bond donors (Lipinski definition) is 1. The fraction of sp³-hybridized carbons (Fsp3) is 0.448. The summed E-state index contributed by atoms with van der Waals surface area (Å²) in [5, 5.41) is 2.55. The zero-order valence-corrected chi connectivity index (χ0v) is 22.4. The Bertz CT molecular complexity index is 968. The molecule has 202 valence electrons. The largest absolute Gasteiger partial charge is 0.497 e. The number of esters is 1. The molecule has 2 aromatic rings. The molecule has 2 aromatic carbocycles. The molecule has 2 atom stereocenters. The molecule has 37 heavy (non-hydrogen) atoms. The van der Waals surface area contributed by atoms with E-state index in [1.165, 1.54) is 0 Å². The number of benzene rings is 2. The van der Waals surface area contributed by atoms with Gasteiger partial charge in [-0.15, -0.1) is 0 Å². The van der Waals surface area contributed by atoms with Crippen LogP contribution in [0.2, 0.25) is 0 Å². The predicted octanol–water partition coefficient (Wildman–Crippen LogP) is 5.20. The average molecular weight is 514 g/mol. The van der Waals surface area contributed by atoms with Crippen LogP contribution in [-0.2, 0) is 37.0 Å². The molecule has 0 radical (unpaired) electrons. The summed E-state index contributed by atoms with van der Waals surface area (Å²) < 4.78 is 27.3. The number of hydrogen-bond acceptors (Lipinski definition) is 7. The van der Waals surface area contributed by atoms with Gasteiger partial charge in [0.1, 0.15) is 18.0 Å². The second-order valence-electron chi connectivity index (χ2n) is 9.51. The van der Waals surface area contributed by atoms with E-state index in [1.54, 1.807) is 27.9 Å². The van der Waals surface area contributed by atoms with Gasteiger partial charge in [0.15, 0.2) is 6.04 Å². The van der Waals surface area contributed by atoms with E-state index < -0.39 is 23.7 Å². The molecule has 0 bridgehead atoms. The maximum atomic E-state index is 12.6. The molecular formula is C29H39NO7. The Morgan fingerprint density at radius 1 is 0.946 bits per heavy atom. The minimum atomic E-state index is -1.00. The highest BCUT2D eigenvalue weighted by Gasteiger charge is 2.26. The lowest BCUT2D eigenvalue weighted by molar-refractivity contribution is -0.149. The first kappa shape index (κ1) is 29.9. The Morgan fingerprint density at radius 2 is 1.62 bits per heavy atom. The maximum absolute atomic E-state index is 12.6. The third kappa shape index (κ3) is 13.0. The molecule has 0 aromatic heterocycles. The molecule has 2 rings (SSSR count). The summed E-state index contributed by atoms with van der Waals surface area (Å²) in [6, 6.07) is 16.1. The van der Waals surface area contributed by atoms with E-state index in [1.807, 2.05) is 73.7 Å². The predicted molar refractivity (Wildman–Crippen MR) is 141 cm³/mol. The molecule has 8 nitrogen and oxygen atoms in total. The van der Waals surface area contributed by atoms with Crippen LogP contribution in [0.3, 0.4) is 0 Å². The fourth-order valence-electron chi connectivity index (χ4n) is 3.09. The number of rotatable bonds is 14. The van der Waals surface area contributed by atoms with Gasteiger partial charge in [-0.2, -0.15) is 0 Å². The Labute approximate surface area is 219 Å². The van der Waals surface area contributed by atoms with Crippen molar-refractivity contribution in [2.24, 2.45) is 0 Å². The SMILES string of the molecule is COc1ccc(CO[C@@H](C)C/C=C/COC[C@H](NC(=O)OC(C)(C)C)C(=O)OCc2ccccc2)cc1. The number of ether oxygens (including phenoxy) is 5. The van der Waals surface area contributed by atoms with Crippen molar-refractivity contribution in [2.45, 2.75) is 65.1 Å². The van der Waals surface area contributed by atoms with Crippen molar-refractivity contribution < 1.29 is 33.3 Å². The molecule has 0 saturated heterocycles. The Morgan fingerprint density at radius 3 is 2.27 bits per heavy atom. The molecule has 0 fully saturated rings. The first-order valence-electron chi connectivity index (χ1n) is 12.3. The van der Waals surface area contributed by atoms with Crippen LogP contribution in [0.1, 0.15) is 45.2 Å². The van der Waals surface area contributed by atoms with Crippen molar-refractivity contribution in [1.82, 2.24) is 5.32 Å². The van der Waals surface area contributed by atoms with Gasteiger partial charge in [-0.05, 0) is 57.4 Å². The first-order valence-corrected chi connectivity index (χ1v) is 12.3. The lowest BCUT2D eigenvalue weighted by Gasteiger charge is -2.23. The van der Waals surface area contributed by atoms with Crippen molar-refractivity contribution in [1.29, 1.82) is 0 Å². The highest BCUT2D eigenvalue weighted by molar-refractivity contribution is 5.81. The van der Waals surface area contributed by atoms with E-state index in [0.29, 0.717) is 13.0 Å². The number of alkyl carbamates (subject to hydrolysis) is 1. The minimum Gasteiger partial charge on any atom is -0.497 e. The number of nitrogens with one attached hydrogen (secondary N) is 1. The van der Waals surface area contributed by atoms with E-state index in [2.05, 4.69) is 5.32 Å². The molecule has 0 aliphatic carbocycles. The van der Waals surface area contributed by atoms with E-state index >= 15 is 0 Å². The van der Waals surface area contributed by atoms with Gasteiger partial charge in [-0.3, -0.25) is 0 Å². The van der Waals surface area contributed by atoms with Crippen molar-refractivity contribution in [2.75, 3.05) is 20.3 Å². The van der Waals surface area contributed by atoms with Gasteiger partial charge < -0.3 is 29.0 Å². The molecule has 0 aliphatic heterocycles. The first-order chi connectivity index (χ1) is 17.7. The molecule has 8 heteroatoms. The Kier molecular flexibility index (Phi) is 12.7. The monoisotopic (exact) mass is 513 g/mol. The summed E-state index contributed by atoms with van der Waals surface area (Å²) in [6.07, 6.45) is 3.83. The highest BCUT2D eigenvalue weighted by atomic mass is 16.6. The average Bonchev–Trinajstić information content (AvgIpc) is 2.87. The van der Waals surface area contributed by atoms with E-state index in [9.17, 15) is 9.59 Å². The summed E-state index contributed by atoms with van der Waals surface area (Å²) in [5.74, 6) is 0.215. The van der Waals surface area contributed by atoms with Crippen LogP contribution in [0.15, 0.2) is 66.7 Å². The maximum Gasteiger partial charge on any atom is 0.408 e. The second-order valence-corrected chi connectivity index (χ2v) is 9.51. The zero-order chi connectivity index (χ0) is 27.1. The second kappa shape index (κ2) is 15.7. The summed E-state index contributed by atoms with van der Waals surface area (Å²) in [6.45, 7) is 8.07. The standard InChI is InChI=1S/C29H39NO7/c1-22(35-19-24-14-16-25(33-5)17-15-24)11-9-10-18-34-21-26(30-28(32)37-29(2,3)4)27(31)36-20-23-12-7-6-8-13-23/h6-10,12-17,22,26H,11,18-21H2,1-5H3,(H,30,32)/b10-9+/t22-,26-/m0/s1. The fourth-order valence-corrected chi connectivity index (χ4v) is 3.09. The van der Waals surface area contributed by atoms with E-state index in [-0.39, 0.29) is 25.9 Å². The minimum absolute atomic E-state index is 0.0212. The molecule has 0 spiro atoms. The third-order valence-corrected chi connectivity index (χ3v) is 5.03. The molecule has 1 N–H and O–H groups in total. The van der Waals surface area contributed by atoms with Gasteiger partial charge in [0.05, 0.1) is 33.0 Å². The summed E-state index contributed by atoms with van der Waals surface area (Å²) >= 11 is 0. The lowest BCUT2D eigenvalue weighted by Crippen LogP contribution is -2.46. The van der Waals surface area contributed by atoms with Gasteiger partial charge in [0.2, 0.25) is 0 Å². The third-order valence-electron chi connectivity index (χ3n) is 5.03. The topological polar surface area (TPSA) is 92.3 Å². The number of methoxy groups -OCH3 is 1. The summed E-state index contributed by atoms with van der Waals surface area (Å²) in [4.78, 5) is 24.9. The molecule has 0 unspecified atom stereocenters. The summed E-state index contributed by atoms with van der Waals surface area (Å²) in [5.41, 5.74) is 1.22. The number of amides is 1. The van der Waals surface area contributed by atoms with Crippen LogP contribution < -0.4 is 10.1 Å². The number of carbonyl (C=O) groups excluding carboxylic acids is 2. The van der Waals surface area contributed by atoms with E-state index in [4.69, 9.17) is 23.7 Å². The smallest absolute Gasteiger partial charge is 0.408 e. The van der Waals surface area contributed by atoms with Crippen LogP contribution in [0.4, 0.5) is 4.79 Å². The van der Waals surface area contributed by atoms with Crippen molar-refractivity contribution in [3.05, 3.63) is 77.9 Å². The molecule has 1 amide bonds. The van der Waals surface area contributed by atoms with Crippen molar-refractivity contribution in [3.63, 3.8) is 0 Å². The Hall–Kier alpha value is -3.36. The summed E-state index contributed by atoms with van der Waals surface area (Å²) in [7, 11) is 1.64. The quantitative estimate of drug-likeness (QED) is 0.211. The van der Waals surface area contributed by atoms with Crippen molar-refractivity contribution >= 4 is 12.1 Å². The molecular weight excluding hydrogens is 474 g/mol. The zero-order valence-electron chi connectivity index (χ0n) is 22.4. The van der Waals surface area contributed by atoms with Crippen LogP contribution in [0, 0.1) is 0 Å². The normalized spacial score (nSPS) is 13.1. The van der Waals surface area contributed by atoms with Gasteiger partial charge in [0.25, 0.3) is 0 Å². The van der Waals surface area contributed by atoms with E-state index in [0.717, 1.165) is 16.9 Å². The Balaban J connectivity index is 1.76.